The summed E-state index contributed by atoms with van der Waals surface area (Å²) in [6.45, 7) is 2.10. The number of unbranched alkanes of at least 4 members (excludes halogenated alkanes) is 3. The van der Waals surface area contributed by atoms with Crippen molar-refractivity contribution in [3.05, 3.63) is 28.8 Å². The molecule has 7 heteroatoms. The van der Waals surface area contributed by atoms with Gasteiger partial charge >= 0.3 is 0 Å². The molecule has 0 spiro atoms. The minimum Gasteiger partial charge on any atom is -0.446 e. The smallest absolute Gasteiger partial charge is 0.252 e. The molecule has 1 atom stereocenters. The fraction of sp³-hybridized carbons (Fsp3) is 0.429. The third-order valence-electron chi connectivity index (χ3n) is 3.24. The topological polar surface area (TPSA) is 112 Å². The molecule has 0 radical (unpaired) electrons. The van der Waals surface area contributed by atoms with Crippen LogP contribution in [0.1, 0.15) is 58.9 Å². The Morgan fingerprint density at radius 2 is 1.71 bits per heavy atom. The van der Waals surface area contributed by atoms with Crippen LogP contribution in [0.5, 0.6) is 5.75 Å². The van der Waals surface area contributed by atoms with Crippen molar-refractivity contribution >= 4 is 20.5 Å². The second-order valence-electron chi connectivity index (χ2n) is 4.72. The van der Waals surface area contributed by atoms with Gasteiger partial charge in [0.1, 0.15) is 5.75 Å². The molecule has 0 fully saturated rings. The molecule has 4 N–H and O–H groups in total. The molecule has 6 nitrogen and oxygen atoms in total. The normalized spacial score (nSPS) is 10.9. The predicted molar refractivity (Wildman–Crippen MR) is 82.3 cm³/mol. The van der Waals surface area contributed by atoms with E-state index in [1.54, 1.807) is 0 Å². The van der Waals surface area contributed by atoms with Crippen LogP contribution in [0.15, 0.2) is 12.1 Å². The standard InChI is InChI=1S/C14H21N2O4P/c1-2-3-4-5-6-9-10(13(15)17)7-8-11(14(16)18)12(9)20-21-19/h7-8H,2-6,21H2,1H3,(H2,15,17)(H2,16,18). The van der Waals surface area contributed by atoms with Crippen LogP contribution >= 0.6 is 8.69 Å². The largest absolute Gasteiger partial charge is 0.446 e. The summed E-state index contributed by atoms with van der Waals surface area (Å²) in [6, 6.07) is 2.84. The molecular weight excluding hydrogens is 291 g/mol. The van der Waals surface area contributed by atoms with Crippen LogP contribution in [0, 0.1) is 0 Å². The van der Waals surface area contributed by atoms with E-state index in [2.05, 4.69) is 6.92 Å². The van der Waals surface area contributed by atoms with Crippen LogP contribution in [0.4, 0.5) is 0 Å². The number of nitrogens with two attached hydrogens (primary N) is 2. The van der Waals surface area contributed by atoms with Gasteiger partial charge in [0, 0.05) is 11.1 Å². The van der Waals surface area contributed by atoms with Crippen molar-refractivity contribution in [1.82, 2.24) is 0 Å². The maximum Gasteiger partial charge on any atom is 0.252 e. The van der Waals surface area contributed by atoms with Gasteiger partial charge in [-0.2, -0.15) is 0 Å². The Kier molecular flexibility index (Phi) is 6.96. The lowest BCUT2D eigenvalue weighted by atomic mass is 9.96. The van der Waals surface area contributed by atoms with Gasteiger partial charge < -0.3 is 16.0 Å². The van der Waals surface area contributed by atoms with Gasteiger partial charge in [-0.05, 0) is 25.0 Å². The zero-order chi connectivity index (χ0) is 15.8. The quantitative estimate of drug-likeness (QED) is 0.536. The molecule has 0 saturated carbocycles. The zero-order valence-electron chi connectivity index (χ0n) is 12.1. The molecule has 0 saturated heterocycles. The van der Waals surface area contributed by atoms with E-state index in [1.807, 2.05) is 0 Å². The lowest BCUT2D eigenvalue weighted by Crippen LogP contribution is -2.18. The highest BCUT2D eigenvalue weighted by molar-refractivity contribution is 7.17. The SMILES string of the molecule is CCCCCCc1c(C(N)=O)ccc(C(N)=O)c1O[PH2]=O. The molecular formula is C14H21N2O4P. The second kappa shape index (κ2) is 8.47. The molecule has 1 aromatic rings. The summed E-state index contributed by atoms with van der Waals surface area (Å²) in [5.74, 6) is -1.17. The molecule has 1 rings (SSSR count). The Balaban J connectivity index is 3.23. The molecule has 116 valence electrons. The van der Waals surface area contributed by atoms with Crippen LogP contribution in [-0.4, -0.2) is 11.8 Å². The van der Waals surface area contributed by atoms with E-state index in [-0.39, 0.29) is 16.9 Å². The van der Waals surface area contributed by atoms with Crippen molar-refractivity contribution < 1.29 is 18.7 Å². The van der Waals surface area contributed by atoms with Gasteiger partial charge in [-0.3, -0.25) is 14.2 Å². The van der Waals surface area contributed by atoms with Crippen LogP contribution in [0.2, 0.25) is 0 Å². The summed E-state index contributed by atoms with van der Waals surface area (Å²) in [5.41, 5.74) is 11.6. The number of carbonyl (C=O) groups excluding carboxylic acids is 2. The van der Waals surface area contributed by atoms with Gasteiger partial charge in [-0.15, -0.1) is 0 Å². The highest BCUT2D eigenvalue weighted by atomic mass is 31.1. The van der Waals surface area contributed by atoms with Crippen molar-refractivity contribution in [1.29, 1.82) is 0 Å². The van der Waals surface area contributed by atoms with E-state index >= 15 is 0 Å². The van der Waals surface area contributed by atoms with E-state index < -0.39 is 20.5 Å². The molecule has 0 aliphatic rings. The van der Waals surface area contributed by atoms with Gasteiger partial charge in [0.25, 0.3) is 5.91 Å². The monoisotopic (exact) mass is 312 g/mol. The summed E-state index contributed by atoms with van der Waals surface area (Å²) in [5, 5.41) is 0. The zero-order valence-corrected chi connectivity index (χ0v) is 13.2. The molecule has 0 aromatic heterocycles. The van der Waals surface area contributed by atoms with Crippen LogP contribution < -0.4 is 16.0 Å². The van der Waals surface area contributed by atoms with Crippen molar-refractivity contribution in [3.8, 4) is 5.75 Å². The lowest BCUT2D eigenvalue weighted by molar-refractivity contribution is 0.0986. The summed E-state index contributed by atoms with van der Waals surface area (Å²) in [4.78, 5) is 23.0. The summed E-state index contributed by atoms with van der Waals surface area (Å²) >= 11 is 0. The molecule has 21 heavy (non-hydrogen) atoms. The Hall–Kier alpha value is -1.81. The Bertz CT molecular complexity index is 546. The highest BCUT2D eigenvalue weighted by Crippen LogP contribution is 2.31. The number of amides is 2. The molecule has 1 aromatic carbocycles. The Labute approximate surface area is 125 Å². The molecule has 1 unspecified atom stereocenters. The average Bonchev–Trinajstić information content (AvgIpc) is 2.44. The van der Waals surface area contributed by atoms with Gasteiger partial charge in [0.2, 0.25) is 14.6 Å². The van der Waals surface area contributed by atoms with E-state index in [1.165, 1.54) is 12.1 Å². The molecule has 2 amide bonds. The van der Waals surface area contributed by atoms with Crippen LogP contribution in [-0.2, 0) is 11.0 Å². The van der Waals surface area contributed by atoms with Gasteiger partial charge in [0.05, 0.1) is 5.56 Å². The van der Waals surface area contributed by atoms with Crippen LogP contribution in [0.25, 0.3) is 0 Å². The van der Waals surface area contributed by atoms with E-state index in [0.717, 1.165) is 25.7 Å². The number of benzene rings is 1. The highest BCUT2D eigenvalue weighted by Gasteiger charge is 2.20. The molecule has 0 aliphatic carbocycles. The van der Waals surface area contributed by atoms with Crippen molar-refractivity contribution in [2.45, 2.75) is 39.0 Å². The third kappa shape index (κ3) is 4.60. The van der Waals surface area contributed by atoms with Crippen molar-refractivity contribution in [2.75, 3.05) is 0 Å². The summed E-state index contributed by atoms with van der Waals surface area (Å²) < 4.78 is 16.0. The number of hydrogen-bond donors (Lipinski definition) is 2. The minimum absolute atomic E-state index is 0.119. The molecule has 0 heterocycles. The first-order chi connectivity index (χ1) is 10.0. The third-order valence-corrected chi connectivity index (χ3v) is 3.57. The van der Waals surface area contributed by atoms with E-state index in [4.69, 9.17) is 16.0 Å². The van der Waals surface area contributed by atoms with Crippen molar-refractivity contribution in [2.24, 2.45) is 11.5 Å². The lowest BCUT2D eigenvalue weighted by Gasteiger charge is -2.14. The summed E-state index contributed by atoms with van der Waals surface area (Å²) in [6.07, 6.45) is 4.48. The summed E-state index contributed by atoms with van der Waals surface area (Å²) in [7, 11) is -1.57. The second-order valence-corrected chi connectivity index (χ2v) is 5.15. The fourth-order valence-corrected chi connectivity index (χ4v) is 2.58. The van der Waals surface area contributed by atoms with Crippen molar-refractivity contribution in [3.63, 3.8) is 0 Å². The maximum absolute atomic E-state index is 11.5. The van der Waals surface area contributed by atoms with Gasteiger partial charge in [0.15, 0.2) is 0 Å². The molecule has 0 aliphatic heterocycles. The van der Waals surface area contributed by atoms with Gasteiger partial charge in [-0.25, -0.2) is 0 Å². The van der Waals surface area contributed by atoms with E-state index in [9.17, 15) is 14.2 Å². The average molecular weight is 312 g/mol. The molecule has 0 bridgehead atoms. The first kappa shape index (κ1) is 17.2. The Morgan fingerprint density at radius 1 is 1.10 bits per heavy atom. The van der Waals surface area contributed by atoms with Gasteiger partial charge in [-0.1, -0.05) is 26.2 Å². The van der Waals surface area contributed by atoms with E-state index in [0.29, 0.717) is 12.0 Å². The fourth-order valence-electron chi connectivity index (χ4n) is 2.21. The first-order valence-electron chi connectivity index (χ1n) is 6.88. The number of primary amides is 2. The predicted octanol–water partition coefficient (Wildman–Crippen LogP) is 2.06. The number of carbonyl (C=O) groups is 2. The Morgan fingerprint density at radius 3 is 2.24 bits per heavy atom. The number of rotatable bonds is 9. The van der Waals surface area contributed by atoms with Crippen LogP contribution in [0.3, 0.4) is 0 Å². The number of hydrogen-bond acceptors (Lipinski definition) is 4. The first-order valence-corrected chi connectivity index (χ1v) is 7.83. The minimum atomic E-state index is -1.57. The maximum atomic E-state index is 11.5.